The lowest BCUT2D eigenvalue weighted by Gasteiger charge is -2.36. The van der Waals surface area contributed by atoms with Gasteiger partial charge in [-0.1, -0.05) is 55.3 Å². The van der Waals surface area contributed by atoms with Crippen LogP contribution < -0.4 is 20.4 Å². The van der Waals surface area contributed by atoms with Crippen LogP contribution in [0, 0.1) is 23.5 Å². The second kappa shape index (κ2) is 14.4. The lowest BCUT2D eigenvalue weighted by atomic mass is 9.89. The summed E-state index contributed by atoms with van der Waals surface area (Å²) in [5.41, 5.74) is 8.19. The third-order valence-corrected chi connectivity index (χ3v) is 15.5. The number of fused-ring (bicyclic) bond motifs is 4. The number of nitrogens with zero attached hydrogens (tertiary/aromatic N) is 4. The van der Waals surface area contributed by atoms with Gasteiger partial charge >= 0.3 is 0 Å². The van der Waals surface area contributed by atoms with Crippen molar-refractivity contribution in [3.63, 3.8) is 0 Å². The van der Waals surface area contributed by atoms with Gasteiger partial charge in [-0.25, -0.2) is 18.7 Å². The van der Waals surface area contributed by atoms with E-state index in [4.69, 9.17) is 9.97 Å². The highest BCUT2D eigenvalue weighted by Gasteiger charge is 2.41. The van der Waals surface area contributed by atoms with Crippen LogP contribution in [0.25, 0.3) is 22.1 Å². The molecule has 304 valence electrons. The topological polar surface area (TPSA) is 87.9 Å². The van der Waals surface area contributed by atoms with Gasteiger partial charge in [-0.2, -0.15) is 0 Å². The van der Waals surface area contributed by atoms with Crippen LogP contribution in [0.5, 0.6) is 0 Å². The molecule has 0 amide bonds. The predicted molar refractivity (Wildman–Crippen MR) is 230 cm³/mol. The number of benzene rings is 4. The van der Waals surface area contributed by atoms with E-state index in [9.17, 15) is 0 Å². The smallest absolute Gasteiger partial charge is 0.151 e. The van der Waals surface area contributed by atoms with Gasteiger partial charge in [0, 0.05) is 30.9 Å². The maximum absolute atomic E-state index is 16.6. The maximum Gasteiger partial charge on any atom is 0.151 e. The van der Waals surface area contributed by atoms with Crippen LogP contribution in [0.3, 0.4) is 0 Å². The minimum Gasteiger partial charge on any atom is -0.367 e. The Morgan fingerprint density at radius 3 is 1.63 bits per heavy atom. The fourth-order valence-electron chi connectivity index (χ4n) is 12.5. The molecule has 6 aliphatic rings. The third kappa shape index (κ3) is 6.35. The highest BCUT2D eigenvalue weighted by molar-refractivity contribution is 5.78. The van der Waals surface area contributed by atoms with E-state index in [1.165, 1.54) is 44.1 Å². The summed E-state index contributed by atoms with van der Waals surface area (Å²) in [5, 5.41) is 7.71. The predicted octanol–water partition coefficient (Wildman–Crippen LogP) is 10.6. The van der Waals surface area contributed by atoms with Crippen LogP contribution in [-0.2, 0) is 0 Å². The second-order valence-corrected chi connectivity index (χ2v) is 18.7. The molecule has 2 aromatic heterocycles. The van der Waals surface area contributed by atoms with Crippen LogP contribution >= 0.6 is 0 Å². The summed E-state index contributed by atoms with van der Waals surface area (Å²) in [6.45, 7) is 1.24. The molecule has 59 heavy (non-hydrogen) atoms. The van der Waals surface area contributed by atoms with Gasteiger partial charge < -0.3 is 30.4 Å². The molecule has 0 unspecified atom stereocenters. The van der Waals surface area contributed by atoms with Crippen LogP contribution in [0.15, 0.2) is 78.9 Å². The first kappa shape index (κ1) is 36.1. The first-order valence-corrected chi connectivity index (χ1v) is 22.6. The minimum absolute atomic E-state index is 0.0819. The number of aromatic amines is 2. The van der Waals surface area contributed by atoms with E-state index in [1.54, 1.807) is 12.1 Å². The Morgan fingerprint density at radius 2 is 1.10 bits per heavy atom. The molecule has 8 atom stereocenters. The van der Waals surface area contributed by atoms with Gasteiger partial charge in [0.25, 0.3) is 0 Å². The minimum atomic E-state index is -0.493. The third-order valence-electron chi connectivity index (χ3n) is 15.5. The number of piperidine rings is 1. The van der Waals surface area contributed by atoms with E-state index in [-0.39, 0.29) is 29.9 Å². The Morgan fingerprint density at radius 1 is 0.559 bits per heavy atom. The van der Waals surface area contributed by atoms with E-state index in [0.29, 0.717) is 36.8 Å². The van der Waals surface area contributed by atoms with Gasteiger partial charge in [0.15, 0.2) is 11.6 Å². The number of anilines is 2. The molecule has 4 aromatic carbocycles. The van der Waals surface area contributed by atoms with E-state index in [2.05, 4.69) is 86.2 Å². The molecule has 4 aliphatic heterocycles. The number of hydrogen-bond donors (Lipinski definition) is 4. The zero-order valence-corrected chi connectivity index (χ0v) is 33.6. The Hall–Kier alpha value is -4.80. The molecule has 4 N–H and O–H groups in total. The molecule has 8 nitrogen and oxygen atoms in total. The van der Waals surface area contributed by atoms with Gasteiger partial charge in [-0.15, -0.1) is 0 Å². The Labute approximate surface area is 344 Å². The SMILES string of the molecule is Fc1cc(N2[C@@H](c3ccc4nc([C@@H]5C[C@@H]6CCC[C@@H]6N5)[nH]c4c3)CC[C@@H]2c2ccc3nc([C@@H]4C[C@@H]5CCC[C@@H]5N4)[nH]c3c2)cc(F)c1N1CCC(c2ccccc2)CC1. The van der Waals surface area contributed by atoms with E-state index >= 15 is 8.78 Å². The number of rotatable bonds is 7. The molecule has 0 spiro atoms. The summed E-state index contributed by atoms with van der Waals surface area (Å²) in [6, 6.07) is 28.3. The van der Waals surface area contributed by atoms with Crippen molar-refractivity contribution >= 4 is 33.4 Å². The van der Waals surface area contributed by atoms with Crippen molar-refractivity contribution in [1.29, 1.82) is 0 Å². The van der Waals surface area contributed by atoms with E-state index in [1.807, 2.05) is 11.0 Å². The van der Waals surface area contributed by atoms with Gasteiger partial charge in [0.05, 0.1) is 46.2 Å². The molecular formula is C49H54F2N8. The highest BCUT2D eigenvalue weighted by atomic mass is 19.1. The highest BCUT2D eigenvalue weighted by Crippen LogP contribution is 2.49. The molecule has 2 saturated carbocycles. The molecule has 2 aliphatic carbocycles. The van der Waals surface area contributed by atoms with Crippen LogP contribution in [-0.4, -0.2) is 45.1 Å². The van der Waals surface area contributed by atoms with Crippen molar-refractivity contribution in [3.05, 3.63) is 119 Å². The van der Waals surface area contributed by atoms with Crippen molar-refractivity contribution in [2.45, 2.75) is 119 Å². The monoisotopic (exact) mass is 792 g/mol. The lowest BCUT2D eigenvalue weighted by molar-refractivity contribution is 0.486. The Bertz CT molecular complexity index is 2340. The summed E-state index contributed by atoms with van der Waals surface area (Å²) in [6.07, 6.45) is 13.5. The quantitative estimate of drug-likeness (QED) is 0.129. The molecule has 6 fully saturated rings. The lowest BCUT2D eigenvalue weighted by Crippen LogP contribution is -2.34. The fourth-order valence-corrected chi connectivity index (χ4v) is 12.5. The summed E-state index contributed by atoms with van der Waals surface area (Å²) < 4.78 is 33.1. The van der Waals surface area contributed by atoms with Gasteiger partial charge in [-0.3, -0.25) is 0 Å². The number of H-pyrrole nitrogens is 2. The van der Waals surface area contributed by atoms with Crippen molar-refractivity contribution in [2.75, 3.05) is 22.9 Å². The fraction of sp³-hybridized carbons (Fsp3) is 0.469. The molecule has 6 aromatic rings. The summed E-state index contributed by atoms with van der Waals surface area (Å²) in [4.78, 5) is 21.7. The molecule has 12 rings (SSSR count). The second-order valence-electron chi connectivity index (χ2n) is 18.7. The average molecular weight is 793 g/mol. The first-order chi connectivity index (χ1) is 29.0. The van der Waals surface area contributed by atoms with E-state index in [0.717, 1.165) is 95.2 Å². The summed E-state index contributed by atoms with van der Waals surface area (Å²) in [5.74, 6) is 2.94. The standard InChI is InChI=1S/C49H54F2N8/c50-35-26-34(27-36(51)47(35)58-20-18-29(19-21-58)28-6-2-1-3-7-28)59-45(32-12-14-39-41(24-32)56-48(54-39)43-22-30-8-4-10-37(30)52-43)16-17-46(59)33-13-15-40-42(25-33)57-49(55-40)44-23-31-9-5-11-38(31)53-44/h1-3,6-7,12-15,24-27,29-31,37-38,43-46,52-53H,4-5,8-11,16-23H2,(H,54,56)(H,55,57)/t30-,31-,37-,38-,43-,44-,45+,46+/m0/s1. The number of hydrogen-bond acceptors (Lipinski definition) is 6. The Kier molecular flexibility index (Phi) is 8.83. The van der Waals surface area contributed by atoms with Gasteiger partial charge in [0.2, 0.25) is 0 Å². The number of aromatic nitrogens is 4. The molecule has 6 heterocycles. The normalized spacial score (nSPS) is 29.7. The van der Waals surface area contributed by atoms with Crippen LogP contribution in [0.4, 0.5) is 20.2 Å². The maximum atomic E-state index is 16.6. The van der Waals surface area contributed by atoms with Crippen molar-refractivity contribution in [1.82, 2.24) is 30.6 Å². The summed E-state index contributed by atoms with van der Waals surface area (Å²) in [7, 11) is 0. The molecule has 4 saturated heterocycles. The zero-order chi connectivity index (χ0) is 39.2. The van der Waals surface area contributed by atoms with Gasteiger partial charge in [0.1, 0.15) is 17.3 Å². The summed E-state index contributed by atoms with van der Waals surface area (Å²) >= 11 is 0. The average Bonchev–Trinajstić information content (AvgIpc) is 4.10. The van der Waals surface area contributed by atoms with Crippen molar-refractivity contribution in [3.8, 4) is 0 Å². The van der Waals surface area contributed by atoms with E-state index < -0.39 is 11.6 Å². The number of nitrogens with one attached hydrogen (secondary N) is 4. The first-order valence-electron chi connectivity index (χ1n) is 22.6. The van der Waals surface area contributed by atoms with Crippen LogP contribution in [0.1, 0.15) is 135 Å². The van der Waals surface area contributed by atoms with Crippen molar-refractivity contribution in [2.24, 2.45) is 11.8 Å². The van der Waals surface area contributed by atoms with Gasteiger partial charge in [-0.05, 0) is 135 Å². The molecule has 10 heteroatoms. The largest absolute Gasteiger partial charge is 0.367 e. The molecule has 0 bridgehead atoms. The number of halogens is 2. The van der Waals surface area contributed by atoms with Crippen LogP contribution in [0.2, 0.25) is 0 Å². The Balaban J connectivity index is 0.870. The zero-order valence-electron chi connectivity index (χ0n) is 33.6. The molecule has 0 radical (unpaired) electrons. The van der Waals surface area contributed by atoms with Crippen molar-refractivity contribution < 1.29 is 8.78 Å². The molecular weight excluding hydrogens is 739 g/mol. The number of imidazole rings is 2.